The molecule has 0 aliphatic carbocycles. The zero-order valence-corrected chi connectivity index (χ0v) is 27.1. The summed E-state index contributed by atoms with van der Waals surface area (Å²) >= 11 is 7.78. The number of nitrogens with zero attached hydrogens (tertiary/aromatic N) is 4. The topological polar surface area (TPSA) is 100 Å². The number of hydrogen-bond donors (Lipinski definition) is 3. The van der Waals surface area contributed by atoms with Gasteiger partial charge in [0.2, 0.25) is 5.91 Å². The normalized spacial score (nSPS) is 18.9. The lowest BCUT2D eigenvalue weighted by molar-refractivity contribution is -0.137. The smallest absolute Gasteiger partial charge is 0.386 e. The summed E-state index contributed by atoms with van der Waals surface area (Å²) in [6, 6.07) is 0.942. The number of carbonyl (C=O) groups is 3. The standard InChI is InChI=1S/C30H39ClF3N7O3S/c1-35-26-22(30(32,33)34)12-18(13-23(26)31)14-24(27(42)39-8-4-20(5-9-39)38(2)3)36-28(43)40-10-6-21(7-11-40)41-15-19-16-45-17-25(19)37-29(41)44/h12-13,16-17,20-21,24,35H,4-11,14-15H2,1-3H3,(H,36,43)(H,37,44)/t24-/m1/s1. The Hall–Kier alpha value is -3.23. The molecule has 3 aliphatic rings. The first kappa shape index (κ1) is 33.1. The fraction of sp³-hybridized carbons (Fsp3) is 0.567. The minimum absolute atomic E-state index is 0.0499. The number of amides is 5. The first-order valence-electron chi connectivity index (χ1n) is 15.1. The second-order valence-electron chi connectivity index (χ2n) is 12.1. The monoisotopic (exact) mass is 669 g/mol. The summed E-state index contributed by atoms with van der Waals surface area (Å²) in [4.78, 5) is 47.3. The van der Waals surface area contributed by atoms with Gasteiger partial charge in [-0.2, -0.15) is 13.2 Å². The highest BCUT2D eigenvalue weighted by molar-refractivity contribution is 7.08. The highest BCUT2D eigenvalue weighted by atomic mass is 35.5. The average molecular weight is 670 g/mol. The van der Waals surface area contributed by atoms with Gasteiger partial charge in [-0.25, -0.2) is 9.59 Å². The summed E-state index contributed by atoms with van der Waals surface area (Å²) in [6.45, 7) is 2.21. The third-order valence-electron chi connectivity index (χ3n) is 9.03. The number of piperidine rings is 2. The van der Waals surface area contributed by atoms with Crippen molar-refractivity contribution < 1.29 is 27.6 Å². The van der Waals surface area contributed by atoms with E-state index in [1.165, 1.54) is 24.5 Å². The van der Waals surface area contributed by atoms with Gasteiger partial charge in [-0.1, -0.05) is 11.6 Å². The summed E-state index contributed by atoms with van der Waals surface area (Å²) in [7, 11) is 5.34. The lowest BCUT2D eigenvalue weighted by Gasteiger charge is -2.40. The Balaban J connectivity index is 1.29. The molecule has 2 fully saturated rings. The number of hydrogen-bond acceptors (Lipinski definition) is 6. The molecule has 0 saturated carbocycles. The predicted octanol–water partition coefficient (Wildman–Crippen LogP) is 5.15. The molecule has 1 atom stereocenters. The number of carbonyl (C=O) groups excluding carboxylic acids is 3. The van der Waals surface area contributed by atoms with Gasteiger partial charge in [0.25, 0.3) is 0 Å². The molecular formula is C30H39ClF3N7O3S. The molecule has 45 heavy (non-hydrogen) atoms. The molecule has 5 amide bonds. The van der Waals surface area contributed by atoms with Gasteiger partial charge in [0.1, 0.15) is 6.04 Å². The highest BCUT2D eigenvalue weighted by Gasteiger charge is 2.37. The van der Waals surface area contributed by atoms with Crippen molar-refractivity contribution in [3.8, 4) is 0 Å². The van der Waals surface area contributed by atoms with Crippen LogP contribution in [0.2, 0.25) is 5.02 Å². The zero-order chi connectivity index (χ0) is 32.5. The molecule has 1 aromatic carbocycles. The number of fused-ring (bicyclic) bond motifs is 1. The van der Waals surface area contributed by atoms with Gasteiger partial charge < -0.3 is 35.6 Å². The van der Waals surface area contributed by atoms with Crippen LogP contribution in [0.1, 0.15) is 42.4 Å². The molecule has 4 heterocycles. The summed E-state index contributed by atoms with van der Waals surface area (Å²) in [5.41, 5.74) is 0.910. The van der Waals surface area contributed by atoms with Crippen LogP contribution in [0.5, 0.6) is 0 Å². The summed E-state index contributed by atoms with van der Waals surface area (Å²) in [5, 5.41) is 12.1. The number of benzene rings is 1. The second-order valence-corrected chi connectivity index (χ2v) is 13.2. The SMILES string of the molecule is CNc1c(Cl)cc(C[C@@H](NC(=O)N2CCC(N3Cc4cscc4NC3=O)CC2)C(=O)N2CCC(N(C)C)CC2)cc1C(F)(F)F. The maximum Gasteiger partial charge on any atom is 0.418 e. The molecule has 2 aromatic rings. The Morgan fingerprint density at radius 2 is 1.76 bits per heavy atom. The van der Waals surface area contributed by atoms with E-state index in [0.717, 1.165) is 30.2 Å². The predicted molar refractivity (Wildman–Crippen MR) is 169 cm³/mol. The molecule has 1 aromatic heterocycles. The number of urea groups is 2. The average Bonchev–Trinajstić information content (AvgIpc) is 3.46. The van der Waals surface area contributed by atoms with Crippen LogP contribution < -0.4 is 16.0 Å². The Morgan fingerprint density at radius 1 is 1.09 bits per heavy atom. The van der Waals surface area contributed by atoms with Gasteiger partial charge in [0, 0.05) is 62.7 Å². The molecule has 5 rings (SSSR count). The van der Waals surface area contributed by atoms with Gasteiger partial charge in [-0.05, 0) is 62.9 Å². The van der Waals surface area contributed by atoms with Crippen LogP contribution in [-0.4, -0.2) is 103 Å². The molecule has 0 bridgehead atoms. The van der Waals surface area contributed by atoms with Gasteiger partial charge in [-0.3, -0.25) is 4.79 Å². The highest BCUT2D eigenvalue weighted by Crippen LogP contribution is 2.39. The third-order valence-corrected chi connectivity index (χ3v) is 10.1. The van der Waals surface area contributed by atoms with Crippen LogP contribution >= 0.6 is 22.9 Å². The van der Waals surface area contributed by atoms with Crippen molar-refractivity contribution in [2.75, 3.05) is 58.0 Å². The van der Waals surface area contributed by atoms with Crippen LogP contribution in [0, 0.1) is 0 Å². The molecule has 2 saturated heterocycles. The molecule has 15 heteroatoms. The first-order chi connectivity index (χ1) is 21.3. The van der Waals surface area contributed by atoms with Crippen molar-refractivity contribution in [1.82, 2.24) is 24.9 Å². The van der Waals surface area contributed by atoms with Crippen LogP contribution in [0.4, 0.5) is 34.1 Å². The second kappa shape index (κ2) is 13.6. The van der Waals surface area contributed by atoms with Gasteiger partial charge in [0.05, 0.1) is 28.5 Å². The van der Waals surface area contributed by atoms with Gasteiger partial charge in [-0.15, -0.1) is 11.3 Å². The van der Waals surface area contributed by atoms with Crippen molar-refractivity contribution in [2.45, 2.75) is 63.0 Å². The van der Waals surface area contributed by atoms with Crippen molar-refractivity contribution in [3.05, 3.63) is 44.6 Å². The Labute approximate surface area is 269 Å². The number of thiophene rings is 1. The van der Waals surface area contributed by atoms with Crippen molar-refractivity contribution in [2.24, 2.45) is 0 Å². The molecule has 3 aliphatic heterocycles. The maximum atomic E-state index is 13.9. The van der Waals surface area contributed by atoms with Crippen LogP contribution in [0.15, 0.2) is 22.9 Å². The Morgan fingerprint density at radius 3 is 2.38 bits per heavy atom. The number of nitrogens with one attached hydrogen (secondary N) is 3. The molecule has 3 N–H and O–H groups in total. The minimum atomic E-state index is -4.67. The van der Waals surface area contributed by atoms with E-state index in [9.17, 15) is 27.6 Å². The van der Waals surface area contributed by atoms with Crippen molar-refractivity contribution >= 4 is 52.3 Å². The van der Waals surface area contributed by atoms with E-state index in [4.69, 9.17) is 11.6 Å². The largest absolute Gasteiger partial charge is 0.418 e. The molecule has 0 radical (unpaired) electrons. The van der Waals surface area contributed by atoms with Gasteiger partial charge in [0.15, 0.2) is 0 Å². The first-order valence-corrected chi connectivity index (χ1v) is 16.4. The fourth-order valence-electron chi connectivity index (χ4n) is 6.43. The van der Waals surface area contributed by atoms with Crippen molar-refractivity contribution in [1.29, 1.82) is 0 Å². The Kier molecular flexibility index (Phi) is 10.0. The summed E-state index contributed by atoms with van der Waals surface area (Å²) in [6.07, 6.45) is -2.19. The van der Waals surface area contributed by atoms with E-state index in [0.29, 0.717) is 51.6 Å². The molecule has 0 spiro atoms. The molecular weight excluding hydrogens is 631 g/mol. The lowest BCUT2D eigenvalue weighted by Crippen LogP contribution is -2.57. The quantitative estimate of drug-likeness (QED) is 0.379. The van der Waals surface area contributed by atoms with E-state index in [1.807, 2.05) is 24.9 Å². The summed E-state index contributed by atoms with van der Waals surface area (Å²) < 4.78 is 41.7. The number of alkyl halides is 3. The van der Waals surface area contributed by atoms with Crippen LogP contribution in [-0.2, 0) is 23.9 Å². The van der Waals surface area contributed by atoms with Crippen molar-refractivity contribution in [3.63, 3.8) is 0 Å². The molecule has 246 valence electrons. The third kappa shape index (κ3) is 7.44. The van der Waals surface area contributed by atoms with Crippen LogP contribution in [0.25, 0.3) is 0 Å². The van der Waals surface area contributed by atoms with E-state index in [2.05, 4.69) is 20.9 Å². The maximum absolute atomic E-state index is 13.9. The van der Waals surface area contributed by atoms with E-state index in [1.54, 1.807) is 14.7 Å². The minimum Gasteiger partial charge on any atom is -0.386 e. The van der Waals surface area contributed by atoms with Crippen LogP contribution in [0.3, 0.4) is 0 Å². The zero-order valence-electron chi connectivity index (χ0n) is 25.5. The molecule has 0 unspecified atom stereocenters. The number of likely N-dealkylation sites (tertiary alicyclic amines) is 2. The number of anilines is 2. The fourth-order valence-corrected chi connectivity index (χ4v) is 7.55. The number of rotatable bonds is 7. The van der Waals surface area contributed by atoms with E-state index < -0.39 is 23.8 Å². The van der Waals surface area contributed by atoms with E-state index in [-0.39, 0.29) is 40.7 Å². The van der Waals surface area contributed by atoms with E-state index >= 15 is 0 Å². The van der Waals surface area contributed by atoms with Gasteiger partial charge >= 0.3 is 18.2 Å². The summed E-state index contributed by atoms with van der Waals surface area (Å²) in [5.74, 6) is -0.339. The molecule has 10 nitrogen and oxygen atoms in total. The lowest BCUT2D eigenvalue weighted by atomic mass is 9.98. The number of halogens is 4. The Bertz CT molecular complexity index is 1410.